The van der Waals surface area contributed by atoms with E-state index >= 15 is 0 Å². The first-order valence-electron chi connectivity index (χ1n) is 18.0. The molecule has 56 heavy (non-hydrogen) atoms. The largest absolute Gasteiger partial charge is 0.497 e. The van der Waals surface area contributed by atoms with Crippen LogP contribution >= 0.6 is 0 Å². The number of hydrogen-bond donors (Lipinski definition) is 2. The van der Waals surface area contributed by atoms with Gasteiger partial charge in [-0.25, -0.2) is 9.59 Å². The average Bonchev–Trinajstić information content (AvgIpc) is 3.51. The smallest absolute Gasteiger partial charge is 0.404 e. The van der Waals surface area contributed by atoms with Crippen LogP contribution in [0.2, 0.25) is 0 Å². The molecule has 2 N–H and O–H groups in total. The summed E-state index contributed by atoms with van der Waals surface area (Å²) in [5, 5.41) is 10.8. The summed E-state index contributed by atoms with van der Waals surface area (Å²) in [6.45, 7) is 2.24. The van der Waals surface area contributed by atoms with Crippen molar-refractivity contribution in [1.29, 1.82) is 0 Å². The molecule has 2 heterocycles. The molecule has 0 atom stereocenters. The van der Waals surface area contributed by atoms with Crippen molar-refractivity contribution in [2.24, 2.45) is 0 Å². The summed E-state index contributed by atoms with van der Waals surface area (Å²) in [6, 6.07) is 31.6. The highest BCUT2D eigenvalue weighted by molar-refractivity contribution is 5.97. The van der Waals surface area contributed by atoms with Crippen LogP contribution in [0.15, 0.2) is 103 Å². The normalized spacial score (nSPS) is 13.1. The molecule has 0 aliphatic carbocycles. The van der Waals surface area contributed by atoms with Gasteiger partial charge in [0.05, 0.1) is 46.2 Å². The van der Waals surface area contributed by atoms with Crippen molar-refractivity contribution in [2.75, 3.05) is 53.8 Å². The Morgan fingerprint density at radius 2 is 1.09 bits per heavy atom. The van der Waals surface area contributed by atoms with Gasteiger partial charge in [-0.2, -0.15) is 0 Å². The fourth-order valence-electron chi connectivity index (χ4n) is 6.48. The van der Waals surface area contributed by atoms with Crippen molar-refractivity contribution < 1.29 is 57.3 Å². The third-order valence-electron chi connectivity index (χ3n) is 9.24. The summed E-state index contributed by atoms with van der Waals surface area (Å²) in [5.41, 5.74) is 2.90. The molecule has 7 rings (SSSR count). The Morgan fingerprint density at radius 3 is 1.62 bits per heavy atom. The molecule has 2 aliphatic heterocycles. The molecule has 1 spiro atoms. The minimum Gasteiger partial charge on any atom is -0.497 e. The van der Waals surface area contributed by atoms with Gasteiger partial charge < -0.3 is 53.1 Å². The van der Waals surface area contributed by atoms with Gasteiger partial charge in [-0.15, -0.1) is 0 Å². The number of nitrogens with one attached hydrogen (secondary N) is 1. The van der Waals surface area contributed by atoms with E-state index in [0.29, 0.717) is 77.4 Å². The molecular formula is C43H41NO12. The number of esters is 1. The number of amides is 1. The topological polar surface area (TPSA) is 149 Å². The maximum absolute atomic E-state index is 13.8. The van der Waals surface area contributed by atoms with Crippen LogP contribution in [0.1, 0.15) is 38.2 Å². The first-order valence-corrected chi connectivity index (χ1v) is 18.0. The first kappa shape index (κ1) is 37.9. The van der Waals surface area contributed by atoms with Crippen LogP contribution in [0.3, 0.4) is 0 Å². The fraction of sp³-hybridized carbons (Fsp3) is 0.256. The maximum Gasteiger partial charge on any atom is 0.404 e. The van der Waals surface area contributed by atoms with Gasteiger partial charge in [0.15, 0.2) is 5.60 Å². The van der Waals surface area contributed by atoms with Crippen LogP contribution in [0.4, 0.5) is 4.79 Å². The summed E-state index contributed by atoms with van der Waals surface area (Å²) in [7, 11) is 3.25. The summed E-state index contributed by atoms with van der Waals surface area (Å²) in [4.78, 5) is 24.3. The lowest BCUT2D eigenvalue weighted by Gasteiger charge is -2.36. The second-order valence-electron chi connectivity index (χ2n) is 12.8. The van der Waals surface area contributed by atoms with E-state index in [2.05, 4.69) is 5.32 Å². The standard InChI is InChI=1S/C43H41NO12/c1-48-30-7-3-28(4-8-30)26-53-33-12-15-37-39(24-33)55-40-25-34(54-27-29-5-9-31(49-2)10-6-29)13-16-38(40)43(37)36-14-11-32(23-35(36)41(45)56-43)52-22-21-51-20-19-50-18-17-44-42(46)47/h3-16,23-25,44H,17-22,26-27H2,1-2H3,(H,46,47). The Morgan fingerprint density at radius 1 is 0.607 bits per heavy atom. The zero-order valence-corrected chi connectivity index (χ0v) is 30.9. The molecule has 5 aromatic rings. The van der Waals surface area contributed by atoms with Crippen molar-refractivity contribution in [3.8, 4) is 40.2 Å². The third-order valence-corrected chi connectivity index (χ3v) is 9.24. The number of carbonyl (C=O) groups excluding carboxylic acids is 1. The fourth-order valence-corrected chi connectivity index (χ4v) is 6.48. The molecule has 0 saturated heterocycles. The van der Waals surface area contributed by atoms with E-state index in [1.165, 1.54) is 0 Å². The van der Waals surface area contributed by atoms with E-state index in [1.807, 2.05) is 78.9 Å². The van der Waals surface area contributed by atoms with E-state index in [1.54, 1.807) is 38.5 Å². The quantitative estimate of drug-likeness (QED) is 0.0692. The van der Waals surface area contributed by atoms with Gasteiger partial charge >= 0.3 is 12.1 Å². The van der Waals surface area contributed by atoms with E-state index in [-0.39, 0.29) is 26.4 Å². The molecule has 13 nitrogen and oxygen atoms in total. The van der Waals surface area contributed by atoms with Crippen molar-refractivity contribution in [1.82, 2.24) is 5.32 Å². The van der Waals surface area contributed by atoms with Crippen molar-refractivity contribution in [3.63, 3.8) is 0 Å². The van der Waals surface area contributed by atoms with Crippen LogP contribution in [0.25, 0.3) is 0 Å². The Kier molecular flexibility index (Phi) is 11.7. The molecule has 2 aliphatic rings. The number of fused-ring (bicyclic) bond motifs is 6. The minimum absolute atomic E-state index is 0.201. The molecule has 5 aromatic carbocycles. The SMILES string of the molecule is COc1ccc(COc2ccc3c(c2)Oc2cc(OCc4ccc(OC)cc4)ccc2C32OC(=O)c3cc(OCCOCCOCCNC(=O)O)ccc32)cc1. The molecule has 0 radical (unpaired) electrons. The zero-order valence-electron chi connectivity index (χ0n) is 30.9. The number of hydrogen-bond acceptors (Lipinski definition) is 11. The van der Waals surface area contributed by atoms with Gasteiger partial charge in [0.1, 0.15) is 60.1 Å². The highest BCUT2D eigenvalue weighted by atomic mass is 16.6. The second kappa shape index (κ2) is 17.4. The van der Waals surface area contributed by atoms with Crippen molar-refractivity contribution >= 4 is 12.1 Å². The Bertz CT molecular complexity index is 2050. The lowest BCUT2D eigenvalue weighted by molar-refractivity contribution is 0.0223. The summed E-state index contributed by atoms with van der Waals surface area (Å²) >= 11 is 0. The summed E-state index contributed by atoms with van der Waals surface area (Å²) in [6.07, 6.45) is -1.10. The van der Waals surface area contributed by atoms with Gasteiger partial charge in [-0.3, -0.25) is 0 Å². The van der Waals surface area contributed by atoms with E-state index in [0.717, 1.165) is 22.6 Å². The lowest BCUT2D eigenvalue weighted by Crippen LogP contribution is -2.33. The molecule has 13 heteroatoms. The van der Waals surface area contributed by atoms with Gasteiger partial charge in [0, 0.05) is 35.4 Å². The van der Waals surface area contributed by atoms with Crippen LogP contribution in [-0.2, 0) is 33.0 Å². The van der Waals surface area contributed by atoms with E-state index < -0.39 is 17.7 Å². The molecule has 1 amide bonds. The van der Waals surface area contributed by atoms with Gasteiger partial charge in [-0.1, -0.05) is 24.3 Å². The van der Waals surface area contributed by atoms with Crippen molar-refractivity contribution in [2.45, 2.75) is 18.8 Å². The minimum atomic E-state index is -1.32. The van der Waals surface area contributed by atoms with E-state index in [4.69, 9.17) is 47.7 Å². The lowest BCUT2D eigenvalue weighted by atomic mass is 9.77. The van der Waals surface area contributed by atoms with E-state index in [9.17, 15) is 9.59 Å². The molecule has 0 bridgehead atoms. The molecule has 0 aromatic heterocycles. The molecule has 0 saturated carbocycles. The monoisotopic (exact) mass is 763 g/mol. The van der Waals surface area contributed by atoms with Crippen LogP contribution in [0.5, 0.6) is 40.2 Å². The number of ether oxygens (including phenoxy) is 9. The Balaban J connectivity index is 1.11. The number of rotatable bonds is 18. The molecule has 290 valence electrons. The highest BCUT2D eigenvalue weighted by Crippen LogP contribution is 2.57. The Labute approximate surface area is 323 Å². The number of carbonyl (C=O) groups is 2. The number of benzene rings is 5. The van der Waals surface area contributed by atoms with Crippen LogP contribution in [0, 0.1) is 0 Å². The predicted octanol–water partition coefficient (Wildman–Crippen LogP) is 7.11. The predicted molar refractivity (Wildman–Crippen MR) is 203 cm³/mol. The van der Waals surface area contributed by atoms with Gasteiger partial charge in [0.2, 0.25) is 0 Å². The maximum atomic E-state index is 13.8. The van der Waals surface area contributed by atoms with Crippen molar-refractivity contribution in [3.05, 3.63) is 137 Å². The number of carboxylic acid groups (broad SMARTS) is 1. The highest BCUT2D eigenvalue weighted by Gasteiger charge is 2.53. The summed E-state index contributed by atoms with van der Waals surface area (Å²) in [5.74, 6) is 3.58. The first-order chi connectivity index (χ1) is 27.4. The van der Waals surface area contributed by atoms with Crippen LogP contribution < -0.4 is 33.7 Å². The van der Waals surface area contributed by atoms with Gasteiger partial charge in [0.25, 0.3) is 0 Å². The third kappa shape index (κ3) is 8.43. The number of methoxy groups -OCH3 is 2. The molecule has 0 unspecified atom stereocenters. The second-order valence-corrected chi connectivity index (χ2v) is 12.8. The van der Waals surface area contributed by atoms with Gasteiger partial charge in [-0.05, 0) is 77.9 Å². The average molecular weight is 764 g/mol. The van der Waals surface area contributed by atoms with Crippen LogP contribution in [-0.4, -0.2) is 71.0 Å². The zero-order chi connectivity index (χ0) is 38.9. The summed E-state index contributed by atoms with van der Waals surface area (Å²) < 4.78 is 52.7. The molecular weight excluding hydrogens is 722 g/mol. The molecule has 0 fully saturated rings. The Hall–Kier alpha value is -6.44.